The molecule has 9 heteroatoms. The summed E-state index contributed by atoms with van der Waals surface area (Å²) in [6.45, 7) is -0.244. The second-order valence-corrected chi connectivity index (χ2v) is 7.29. The first-order valence-corrected chi connectivity index (χ1v) is 9.55. The van der Waals surface area contributed by atoms with Crippen LogP contribution >= 0.6 is 23.4 Å². The van der Waals surface area contributed by atoms with Gasteiger partial charge in [0.1, 0.15) is 5.75 Å². The highest BCUT2D eigenvalue weighted by Crippen LogP contribution is 2.42. The summed E-state index contributed by atoms with van der Waals surface area (Å²) in [7, 11) is 1.42. The number of rotatable bonds is 5. The molecular weight excluding hydrogens is 427 g/mol. The summed E-state index contributed by atoms with van der Waals surface area (Å²) >= 11 is 7.10. The van der Waals surface area contributed by atoms with E-state index in [4.69, 9.17) is 21.4 Å². The van der Waals surface area contributed by atoms with Gasteiger partial charge in [-0.15, -0.1) is 0 Å². The normalized spacial score (nSPS) is 12.1. The van der Waals surface area contributed by atoms with Crippen LogP contribution in [0.1, 0.15) is 5.56 Å². The molecule has 2 N–H and O–H groups in total. The molecule has 0 aliphatic heterocycles. The van der Waals surface area contributed by atoms with E-state index in [1.54, 1.807) is 12.1 Å². The van der Waals surface area contributed by atoms with E-state index in [0.29, 0.717) is 16.3 Å². The van der Waals surface area contributed by atoms with Crippen molar-refractivity contribution in [3.8, 4) is 16.9 Å². The van der Waals surface area contributed by atoms with Crippen molar-refractivity contribution in [2.75, 3.05) is 13.7 Å². The van der Waals surface area contributed by atoms with E-state index in [-0.39, 0.29) is 28.0 Å². The van der Waals surface area contributed by atoms with Gasteiger partial charge in [0.15, 0.2) is 0 Å². The lowest BCUT2D eigenvalue weighted by atomic mass is 9.98. The van der Waals surface area contributed by atoms with Crippen LogP contribution in [0.4, 0.5) is 13.2 Å². The van der Waals surface area contributed by atoms with Crippen molar-refractivity contribution >= 4 is 34.3 Å². The van der Waals surface area contributed by atoms with E-state index in [1.165, 1.54) is 30.7 Å². The lowest BCUT2D eigenvalue weighted by Gasteiger charge is -2.16. The van der Waals surface area contributed by atoms with E-state index >= 15 is 0 Å². The molecule has 0 atom stereocenters. The summed E-state index contributed by atoms with van der Waals surface area (Å²) in [5.74, 6) is 0.353. The summed E-state index contributed by atoms with van der Waals surface area (Å²) in [6.07, 6.45) is -3.14. The third kappa shape index (κ3) is 4.44. The zero-order chi connectivity index (χ0) is 21.2. The van der Waals surface area contributed by atoms with E-state index in [0.717, 1.165) is 23.9 Å². The first-order valence-electron chi connectivity index (χ1n) is 8.30. The number of H-pyrrole nitrogens is 1. The SMILES string of the molecule is COc1ccc(Cl)cc1-c1c(SC=CCO)c(=O)[nH]c2ccc(C(F)(F)F)cc12. The minimum absolute atomic E-state index is 0.155. The summed E-state index contributed by atoms with van der Waals surface area (Å²) in [4.78, 5) is 15.5. The van der Waals surface area contributed by atoms with Crippen molar-refractivity contribution in [1.29, 1.82) is 0 Å². The number of aliphatic hydroxyl groups is 1. The Kier molecular flexibility index (Phi) is 6.26. The fourth-order valence-electron chi connectivity index (χ4n) is 2.87. The third-order valence-corrected chi connectivity index (χ3v) is 5.30. The maximum Gasteiger partial charge on any atom is 0.416 e. The van der Waals surface area contributed by atoms with Crippen LogP contribution in [0.15, 0.2) is 57.6 Å². The molecule has 0 saturated heterocycles. The number of fused-ring (bicyclic) bond motifs is 1. The number of thioether (sulfide) groups is 1. The van der Waals surface area contributed by atoms with Crippen molar-refractivity contribution in [2.24, 2.45) is 0 Å². The molecule has 0 saturated carbocycles. The summed E-state index contributed by atoms with van der Waals surface area (Å²) in [6, 6.07) is 7.82. The molecule has 0 aliphatic carbocycles. The van der Waals surface area contributed by atoms with Crippen LogP contribution in [0, 0.1) is 0 Å². The molecule has 0 fully saturated rings. The van der Waals surface area contributed by atoms with Crippen molar-refractivity contribution in [3.05, 3.63) is 68.8 Å². The average Bonchev–Trinajstić information content (AvgIpc) is 2.67. The molecule has 152 valence electrons. The summed E-state index contributed by atoms with van der Waals surface area (Å²) in [5.41, 5.74) is -0.435. The fraction of sp³-hybridized carbons (Fsp3) is 0.150. The standard InChI is InChI=1S/C20H15ClF3NO3S/c1-28-16-6-4-12(21)10-14(16)17-13-9-11(20(22,23)24)3-5-15(13)25-19(27)18(17)29-8-2-7-26/h2-6,8-10,26H,7H2,1H3,(H,25,27). The number of nitrogens with one attached hydrogen (secondary N) is 1. The van der Waals surface area contributed by atoms with E-state index in [2.05, 4.69) is 4.98 Å². The topological polar surface area (TPSA) is 62.3 Å². The van der Waals surface area contributed by atoms with Crippen molar-refractivity contribution in [2.45, 2.75) is 11.1 Å². The fourth-order valence-corrected chi connectivity index (χ4v) is 3.85. The van der Waals surface area contributed by atoms with Gasteiger partial charge in [0, 0.05) is 27.1 Å². The van der Waals surface area contributed by atoms with Crippen LogP contribution < -0.4 is 10.3 Å². The summed E-state index contributed by atoms with van der Waals surface area (Å²) < 4.78 is 45.3. The van der Waals surface area contributed by atoms with Crippen LogP contribution in [0.25, 0.3) is 22.0 Å². The number of hydrogen-bond donors (Lipinski definition) is 2. The van der Waals surface area contributed by atoms with Crippen LogP contribution in [-0.4, -0.2) is 23.8 Å². The molecule has 0 spiro atoms. The number of halogens is 4. The maximum atomic E-state index is 13.3. The number of pyridine rings is 1. The van der Waals surface area contributed by atoms with E-state index in [9.17, 15) is 18.0 Å². The summed E-state index contributed by atoms with van der Waals surface area (Å²) in [5, 5.41) is 11.0. The minimum atomic E-state index is -4.55. The van der Waals surface area contributed by atoms with Crippen LogP contribution in [0.3, 0.4) is 0 Å². The lowest BCUT2D eigenvalue weighted by molar-refractivity contribution is -0.137. The molecule has 1 aromatic heterocycles. The van der Waals surface area contributed by atoms with Crippen molar-refractivity contribution < 1.29 is 23.0 Å². The molecule has 0 amide bonds. The molecule has 0 bridgehead atoms. The highest BCUT2D eigenvalue weighted by atomic mass is 35.5. The molecule has 4 nitrogen and oxygen atoms in total. The monoisotopic (exact) mass is 441 g/mol. The number of aromatic amines is 1. The highest BCUT2D eigenvalue weighted by Gasteiger charge is 2.31. The Labute approximate surface area is 173 Å². The number of ether oxygens (including phenoxy) is 1. The predicted molar refractivity (Wildman–Crippen MR) is 109 cm³/mol. The van der Waals surface area contributed by atoms with Gasteiger partial charge in [-0.3, -0.25) is 4.79 Å². The Morgan fingerprint density at radius 1 is 1.24 bits per heavy atom. The molecule has 0 radical (unpaired) electrons. The zero-order valence-electron chi connectivity index (χ0n) is 15.0. The highest BCUT2D eigenvalue weighted by molar-refractivity contribution is 8.02. The maximum absolute atomic E-state index is 13.3. The molecule has 3 rings (SSSR count). The molecule has 1 heterocycles. The second kappa shape index (κ2) is 8.52. The van der Waals surface area contributed by atoms with Crippen molar-refractivity contribution in [3.63, 3.8) is 0 Å². The van der Waals surface area contributed by atoms with Gasteiger partial charge >= 0.3 is 6.18 Å². The number of benzene rings is 2. The van der Waals surface area contributed by atoms with E-state index in [1.807, 2.05) is 0 Å². The number of hydrogen-bond acceptors (Lipinski definition) is 4. The van der Waals surface area contributed by atoms with Gasteiger partial charge in [-0.2, -0.15) is 13.2 Å². The average molecular weight is 442 g/mol. The largest absolute Gasteiger partial charge is 0.496 e. The Hall–Kier alpha value is -2.42. The second-order valence-electron chi connectivity index (χ2n) is 5.93. The molecule has 0 unspecified atom stereocenters. The first-order chi connectivity index (χ1) is 13.8. The minimum Gasteiger partial charge on any atom is -0.496 e. The van der Waals surface area contributed by atoms with Gasteiger partial charge in [0.05, 0.1) is 24.2 Å². The lowest BCUT2D eigenvalue weighted by Crippen LogP contribution is -2.12. The number of aromatic nitrogens is 1. The number of alkyl halides is 3. The van der Waals surface area contributed by atoms with Gasteiger partial charge in [-0.1, -0.05) is 29.4 Å². The van der Waals surface area contributed by atoms with Crippen LogP contribution in [0.2, 0.25) is 5.02 Å². The van der Waals surface area contributed by atoms with Gasteiger partial charge in [0.25, 0.3) is 5.56 Å². The van der Waals surface area contributed by atoms with Gasteiger partial charge in [-0.25, -0.2) is 0 Å². The molecule has 3 aromatic rings. The van der Waals surface area contributed by atoms with Crippen LogP contribution in [-0.2, 0) is 6.18 Å². The Balaban J connectivity index is 2.44. The zero-order valence-corrected chi connectivity index (χ0v) is 16.6. The van der Waals surface area contributed by atoms with Gasteiger partial charge in [0.2, 0.25) is 0 Å². The first kappa shape index (κ1) is 21.3. The Bertz CT molecular complexity index is 1140. The molecule has 2 aromatic carbocycles. The third-order valence-electron chi connectivity index (χ3n) is 4.12. The predicted octanol–water partition coefficient (Wildman–Crippen LogP) is 5.47. The van der Waals surface area contributed by atoms with Gasteiger partial charge < -0.3 is 14.8 Å². The van der Waals surface area contributed by atoms with Crippen LogP contribution in [0.5, 0.6) is 5.75 Å². The molecule has 29 heavy (non-hydrogen) atoms. The number of methoxy groups -OCH3 is 1. The van der Waals surface area contributed by atoms with E-state index < -0.39 is 17.3 Å². The Morgan fingerprint density at radius 2 is 2.00 bits per heavy atom. The van der Waals surface area contributed by atoms with Crippen molar-refractivity contribution in [1.82, 2.24) is 4.98 Å². The van der Waals surface area contributed by atoms with Gasteiger partial charge in [-0.05, 0) is 41.8 Å². The molecular formula is C20H15ClF3NO3S. The quantitative estimate of drug-likeness (QED) is 0.515. The Morgan fingerprint density at radius 3 is 2.66 bits per heavy atom. The molecule has 0 aliphatic rings. The smallest absolute Gasteiger partial charge is 0.416 e. The number of aliphatic hydroxyl groups excluding tert-OH is 1.